The summed E-state index contributed by atoms with van der Waals surface area (Å²) in [5.41, 5.74) is 0. The zero-order chi connectivity index (χ0) is 7.49. The van der Waals surface area contributed by atoms with Gasteiger partial charge in [0.25, 0.3) is 0 Å². The van der Waals surface area contributed by atoms with Gasteiger partial charge in [-0.2, -0.15) is 0 Å². The molecular formula is C3H7BrFNO2S. The lowest BCUT2D eigenvalue weighted by Crippen LogP contribution is -2.20. The van der Waals surface area contributed by atoms with Crippen molar-refractivity contribution >= 4 is 26.2 Å². The standard InChI is InChI=1S/C3H7BrFNO2S/c1-6(4)9(7,8)3-2-5/h2-3H2,1H3. The fourth-order valence-electron chi connectivity index (χ4n) is 0.223. The highest BCUT2D eigenvalue weighted by atomic mass is 79.9. The van der Waals surface area contributed by atoms with E-state index >= 15 is 0 Å². The van der Waals surface area contributed by atoms with Crippen LogP contribution in [0.15, 0.2) is 0 Å². The van der Waals surface area contributed by atoms with Crippen molar-refractivity contribution in [1.29, 1.82) is 0 Å². The van der Waals surface area contributed by atoms with Gasteiger partial charge in [-0.05, 0) is 0 Å². The van der Waals surface area contributed by atoms with E-state index in [0.29, 0.717) is 0 Å². The average Bonchev–Trinajstić information content (AvgIpc) is 1.65. The van der Waals surface area contributed by atoms with E-state index in [9.17, 15) is 12.8 Å². The van der Waals surface area contributed by atoms with Crippen LogP contribution in [0.2, 0.25) is 0 Å². The highest BCUT2D eigenvalue weighted by Crippen LogP contribution is 2.02. The summed E-state index contributed by atoms with van der Waals surface area (Å²) in [7, 11) is -2.08. The van der Waals surface area contributed by atoms with Gasteiger partial charge in [0.05, 0.1) is 5.75 Å². The molecule has 0 aliphatic heterocycles. The van der Waals surface area contributed by atoms with Crippen molar-refractivity contribution in [3.63, 3.8) is 0 Å². The summed E-state index contributed by atoms with van der Waals surface area (Å²) in [5.74, 6) is -0.464. The van der Waals surface area contributed by atoms with E-state index in [1.165, 1.54) is 7.05 Å². The Labute approximate surface area is 62.2 Å². The number of hydrogen-bond acceptors (Lipinski definition) is 2. The fourth-order valence-corrected chi connectivity index (χ4v) is 1.10. The van der Waals surface area contributed by atoms with Crippen LogP contribution in [0.3, 0.4) is 0 Å². The lowest BCUT2D eigenvalue weighted by Gasteiger charge is -2.04. The second-order valence-corrected chi connectivity index (χ2v) is 5.05. The molecule has 0 saturated carbocycles. The van der Waals surface area contributed by atoms with Crippen molar-refractivity contribution in [2.45, 2.75) is 0 Å². The van der Waals surface area contributed by atoms with Crippen LogP contribution in [0, 0.1) is 0 Å². The Balaban J connectivity index is 4.05. The molecule has 0 aromatic rings. The molecule has 0 amide bonds. The molecule has 56 valence electrons. The van der Waals surface area contributed by atoms with E-state index in [-0.39, 0.29) is 0 Å². The van der Waals surface area contributed by atoms with Crippen molar-refractivity contribution in [3.05, 3.63) is 0 Å². The van der Waals surface area contributed by atoms with E-state index in [1.807, 2.05) is 0 Å². The summed E-state index contributed by atoms with van der Waals surface area (Å²) in [4.78, 5) is 0. The van der Waals surface area contributed by atoms with Gasteiger partial charge in [0.15, 0.2) is 0 Å². The van der Waals surface area contributed by atoms with E-state index in [2.05, 4.69) is 16.1 Å². The second kappa shape index (κ2) is 3.48. The maximum absolute atomic E-state index is 11.4. The third-order valence-electron chi connectivity index (χ3n) is 0.718. The number of alkyl halides is 1. The smallest absolute Gasteiger partial charge is 0.225 e. The molecule has 0 bridgehead atoms. The topological polar surface area (TPSA) is 37.4 Å². The molecule has 0 fully saturated rings. The van der Waals surface area contributed by atoms with Gasteiger partial charge in [0, 0.05) is 23.2 Å². The highest BCUT2D eigenvalue weighted by molar-refractivity contribution is 9.08. The summed E-state index contributed by atoms with van der Waals surface area (Å²) in [6.07, 6.45) is 0. The third kappa shape index (κ3) is 3.12. The molecule has 0 aliphatic rings. The summed E-state index contributed by atoms with van der Waals surface area (Å²) in [6.45, 7) is -0.849. The fraction of sp³-hybridized carbons (Fsp3) is 1.00. The Morgan fingerprint density at radius 1 is 1.67 bits per heavy atom. The number of nitrogens with zero attached hydrogens (tertiary/aromatic N) is 1. The van der Waals surface area contributed by atoms with Crippen LogP contribution in [-0.2, 0) is 10.0 Å². The Bertz CT molecular complexity index is 167. The molecule has 0 heterocycles. The van der Waals surface area contributed by atoms with Crippen molar-refractivity contribution < 1.29 is 12.8 Å². The molecule has 3 nitrogen and oxygen atoms in total. The molecule has 0 N–H and O–H groups in total. The molecular weight excluding hydrogens is 213 g/mol. The summed E-state index contributed by atoms with van der Waals surface area (Å²) < 4.78 is 33.4. The number of hydrogen-bond donors (Lipinski definition) is 0. The third-order valence-corrected chi connectivity index (χ3v) is 3.48. The first kappa shape index (κ1) is 9.32. The average molecular weight is 220 g/mol. The zero-order valence-electron chi connectivity index (χ0n) is 4.84. The van der Waals surface area contributed by atoms with Gasteiger partial charge >= 0.3 is 0 Å². The van der Waals surface area contributed by atoms with Crippen LogP contribution >= 0.6 is 16.1 Å². The molecule has 0 spiro atoms. The largest absolute Gasteiger partial charge is 0.250 e. The zero-order valence-corrected chi connectivity index (χ0v) is 7.24. The number of halogens is 2. The van der Waals surface area contributed by atoms with Crippen LogP contribution in [0.1, 0.15) is 0 Å². The first-order chi connectivity index (χ1) is 4.00. The van der Waals surface area contributed by atoms with Gasteiger partial charge in [-0.15, -0.1) is 3.33 Å². The van der Waals surface area contributed by atoms with Gasteiger partial charge < -0.3 is 0 Å². The molecule has 0 rings (SSSR count). The minimum absolute atomic E-state index is 0.464. The van der Waals surface area contributed by atoms with E-state index < -0.39 is 22.5 Å². The predicted molar refractivity (Wildman–Crippen MR) is 36.5 cm³/mol. The maximum Gasteiger partial charge on any atom is 0.225 e. The Morgan fingerprint density at radius 2 is 2.11 bits per heavy atom. The first-order valence-electron chi connectivity index (χ1n) is 2.19. The Kier molecular flexibility index (Phi) is 3.60. The summed E-state index contributed by atoms with van der Waals surface area (Å²) in [5, 5.41) is 0. The second-order valence-electron chi connectivity index (χ2n) is 1.40. The highest BCUT2D eigenvalue weighted by Gasteiger charge is 2.13. The van der Waals surface area contributed by atoms with Gasteiger partial charge in [-0.1, -0.05) is 0 Å². The predicted octanol–water partition coefficient (Wildman–Crippen LogP) is 0.527. The number of sulfonamides is 1. The van der Waals surface area contributed by atoms with E-state index in [1.54, 1.807) is 0 Å². The van der Waals surface area contributed by atoms with Gasteiger partial charge in [-0.3, -0.25) is 0 Å². The molecule has 0 aliphatic carbocycles. The van der Waals surface area contributed by atoms with Crippen LogP contribution in [-0.4, -0.2) is 31.2 Å². The van der Waals surface area contributed by atoms with Crippen LogP contribution < -0.4 is 0 Å². The Morgan fingerprint density at radius 3 is 2.22 bits per heavy atom. The van der Waals surface area contributed by atoms with Crippen LogP contribution in [0.5, 0.6) is 0 Å². The molecule has 0 saturated heterocycles. The lowest BCUT2D eigenvalue weighted by atomic mass is 10.9. The molecule has 0 radical (unpaired) electrons. The lowest BCUT2D eigenvalue weighted by molar-refractivity contribution is 0.508. The quantitative estimate of drug-likeness (QED) is 0.650. The Hall–Kier alpha value is 0.320. The van der Waals surface area contributed by atoms with E-state index in [0.717, 1.165) is 3.33 Å². The molecule has 0 atom stereocenters. The molecule has 9 heavy (non-hydrogen) atoms. The number of rotatable bonds is 3. The maximum atomic E-state index is 11.4. The van der Waals surface area contributed by atoms with Crippen molar-refractivity contribution in [2.75, 3.05) is 19.5 Å². The van der Waals surface area contributed by atoms with Gasteiger partial charge in [0.1, 0.15) is 6.67 Å². The van der Waals surface area contributed by atoms with E-state index in [4.69, 9.17) is 0 Å². The molecule has 0 aromatic carbocycles. The molecule has 0 unspecified atom stereocenters. The van der Waals surface area contributed by atoms with Gasteiger partial charge in [0.2, 0.25) is 10.0 Å². The molecule has 6 heteroatoms. The van der Waals surface area contributed by atoms with Crippen molar-refractivity contribution in [1.82, 2.24) is 3.33 Å². The normalized spacial score (nSPS) is 12.4. The minimum Gasteiger partial charge on any atom is -0.250 e. The van der Waals surface area contributed by atoms with Gasteiger partial charge in [-0.25, -0.2) is 12.8 Å². The van der Waals surface area contributed by atoms with Crippen molar-refractivity contribution in [2.24, 2.45) is 0 Å². The molecule has 0 aromatic heterocycles. The SMILES string of the molecule is CN(Br)S(=O)(=O)CCF. The summed E-state index contributed by atoms with van der Waals surface area (Å²) in [6, 6.07) is 0. The van der Waals surface area contributed by atoms with Crippen molar-refractivity contribution in [3.8, 4) is 0 Å². The van der Waals surface area contributed by atoms with Crippen LogP contribution in [0.4, 0.5) is 4.39 Å². The first-order valence-corrected chi connectivity index (χ1v) is 4.51. The monoisotopic (exact) mass is 219 g/mol. The van der Waals surface area contributed by atoms with Crippen LogP contribution in [0.25, 0.3) is 0 Å². The minimum atomic E-state index is -3.37. The summed E-state index contributed by atoms with van der Waals surface area (Å²) >= 11 is 2.68.